The molecule has 1 amide bonds. The van der Waals surface area contributed by atoms with E-state index in [0.29, 0.717) is 35.0 Å². The summed E-state index contributed by atoms with van der Waals surface area (Å²) in [7, 11) is 0. The number of rotatable bonds is 8. The summed E-state index contributed by atoms with van der Waals surface area (Å²) < 4.78 is 27.5. The van der Waals surface area contributed by atoms with Crippen LogP contribution in [-0.2, 0) is 17.1 Å². The van der Waals surface area contributed by atoms with Crippen LogP contribution in [0.3, 0.4) is 0 Å². The molecule has 0 unspecified atom stereocenters. The first kappa shape index (κ1) is 22.1. The second kappa shape index (κ2) is 11.0. The van der Waals surface area contributed by atoms with Crippen molar-refractivity contribution in [1.29, 1.82) is 0 Å². The van der Waals surface area contributed by atoms with Crippen molar-refractivity contribution >= 4 is 29.3 Å². The molecule has 0 saturated carbocycles. The van der Waals surface area contributed by atoms with Crippen molar-refractivity contribution in [3.63, 3.8) is 0 Å². The Morgan fingerprint density at radius 3 is 2.55 bits per heavy atom. The molecular weight excluding hydrogens is 414 g/mol. The molecule has 29 heavy (non-hydrogen) atoms. The van der Waals surface area contributed by atoms with Crippen molar-refractivity contribution in [2.24, 2.45) is 5.92 Å². The Morgan fingerprint density at radius 1 is 1.10 bits per heavy atom. The summed E-state index contributed by atoms with van der Waals surface area (Å²) in [6, 6.07) is 11.5. The van der Waals surface area contributed by atoms with Gasteiger partial charge in [-0.2, -0.15) is 11.8 Å². The van der Waals surface area contributed by atoms with Crippen LogP contribution in [0.25, 0.3) is 0 Å². The van der Waals surface area contributed by atoms with Gasteiger partial charge in [0.25, 0.3) is 0 Å². The lowest BCUT2D eigenvalue weighted by molar-refractivity contribution is -0.126. The van der Waals surface area contributed by atoms with Gasteiger partial charge in [-0.25, -0.2) is 8.78 Å². The van der Waals surface area contributed by atoms with E-state index in [2.05, 4.69) is 10.2 Å². The Kier molecular flexibility index (Phi) is 8.33. The van der Waals surface area contributed by atoms with Crippen LogP contribution in [0.1, 0.15) is 24.0 Å². The third-order valence-corrected chi connectivity index (χ3v) is 6.52. The number of benzene rings is 2. The fourth-order valence-corrected chi connectivity index (χ4v) is 4.52. The molecule has 1 aliphatic rings. The van der Waals surface area contributed by atoms with Crippen molar-refractivity contribution in [2.45, 2.75) is 25.1 Å². The van der Waals surface area contributed by atoms with Gasteiger partial charge in [0.05, 0.1) is 0 Å². The van der Waals surface area contributed by atoms with E-state index in [1.807, 2.05) is 6.07 Å². The van der Waals surface area contributed by atoms with Crippen LogP contribution in [0.4, 0.5) is 8.78 Å². The Labute approximate surface area is 179 Å². The number of likely N-dealkylation sites (tertiary alicyclic amines) is 1. The average Bonchev–Trinajstić information content (AvgIpc) is 2.72. The van der Waals surface area contributed by atoms with Gasteiger partial charge in [0, 0.05) is 41.1 Å². The van der Waals surface area contributed by atoms with E-state index in [1.165, 1.54) is 12.1 Å². The topological polar surface area (TPSA) is 32.3 Å². The number of nitrogens with one attached hydrogen (secondary N) is 1. The molecule has 2 aromatic rings. The lowest BCUT2D eigenvalue weighted by Gasteiger charge is -2.31. The molecule has 0 spiro atoms. The molecular formula is C22H25ClF2N2OS. The number of carbonyl (C=O) groups is 1. The number of hydrogen-bond acceptors (Lipinski definition) is 3. The van der Waals surface area contributed by atoms with Crippen LogP contribution in [0.2, 0.25) is 5.02 Å². The fourth-order valence-electron chi connectivity index (χ4n) is 3.45. The minimum Gasteiger partial charge on any atom is -0.355 e. The van der Waals surface area contributed by atoms with Gasteiger partial charge in [-0.15, -0.1) is 0 Å². The molecule has 3 rings (SSSR count). The van der Waals surface area contributed by atoms with Gasteiger partial charge in [-0.05, 0) is 49.7 Å². The van der Waals surface area contributed by atoms with E-state index in [9.17, 15) is 13.6 Å². The summed E-state index contributed by atoms with van der Waals surface area (Å²) in [5.74, 6) is 0.918. The molecule has 2 aromatic carbocycles. The maximum atomic E-state index is 13.9. The van der Waals surface area contributed by atoms with E-state index in [-0.39, 0.29) is 23.5 Å². The molecule has 1 heterocycles. The minimum atomic E-state index is -0.287. The quantitative estimate of drug-likeness (QED) is 0.596. The van der Waals surface area contributed by atoms with Crippen LogP contribution < -0.4 is 5.32 Å². The molecule has 0 radical (unpaired) electrons. The maximum absolute atomic E-state index is 13.9. The minimum absolute atomic E-state index is 0.0149. The summed E-state index contributed by atoms with van der Waals surface area (Å²) in [6.45, 7) is 2.52. The maximum Gasteiger partial charge on any atom is 0.223 e. The molecule has 1 fully saturated rings. The highest BCUT2D eigenvalue weighted by Gasteiger charge is 2.25. The lowest BCUT2D eigenvalue weighted by Crippen LogP contribution is -2.40. The number of carbonyl (C=O) groups excluding carboxylic acids is 1. The lowest BCUT2D eigenvalue weighted by atomic mass is 9.95. The van der Waals surface area contributed by atoms with E-state index >= 15 is 0 Å². The summed E-state index contributed by atoms with van der Waals surface area (Å²) >= 11 is 7.71. The van der Waals surface area contributed by atoms with Crippen molar-refractivity contribution in [2.75, 3.05) is 25.4 Å². The van der Waals surface area contributed by atoms with Crippen LogP contribution in [-0.4, -0.2) is 36.2 Å². The monoisotopic (exact) mass is 438 g/mol. The van der Waals surface area contributed by atoms with Crippen molar-refractivity contribution in [1.82, 2.24) is 10.2 Å². The smallest absolute Gasteiger partial charge is 0.223 e. The highest BCUT2D eigenvalue weighted by Crippen LogP contribution is 2.24. The third kappa shape index (κ3) is 6.43. The predicted molar refractivity (Wildman–Crippen MR) is 115 cm³/mol. The normalized spacial score (nSPS) is 15.4. The van der Waals surface area contributed by atoms with E-state index < -0.39 is 0 Å². The Morgan fingerprint density at radius 2 is 1.83 bits per heavy atom. The van der Waals surface area contributed by atoms with Crippen molar-refractivity contribution in [3.8, 4) is 0 Å². The number of hydrogen-bond donors (Lipinski definition) is 1. The SMILES string of the molecule is O=C(NCCSCc1ccccc1F)C1CCN(Cc2c(F)cccc2Cl)CC1. The van der Waals surface area contributed by atoms with Gasteiger partial charge in [0.2, 0.25) is 5.91 Å². The van der Waals surface area contributed by atoms with Gasteiger partial charge in [-0.3, -0.25) is 9.69 Å². The summed E-state index contributed by atoms with van der Waals surface area (Å²) in [4.78, 5) is 14.5. The number of halogens is 3. The highest BCUT2D eigenvalue weighted by atomic mass is 35.5. The summed E-state index contributed by atoms with van der Waals surface area (Å²) in [5, 5.41) is 3.43. The molecule has 7 heteroatoms. The molecule has 156 valence electrons. The van der Waals surface area contributed by atoms with Gasteiger partial charge < -0.3 is 5.32 Å². The van der Waals surface area contributed by atoms with Gasteiger partial charge in [0.1, 0.15) is 11.6 Å². The number of nitrogens with zero attached hydrogens (tertiary/aromatic N) is 1. The highest BCUT2D eigenvalue weighted by molar-refractivity contribution is 7.98. The zero-order valence-electron chi connectivity index (χ0n) is 16.2. The van der Waals surface area contributed by atoms with Crippen LogP contribution >= 0.6 is 23.4 Å². The molecule has 1 saturated heterocycles. The summed E-state index contributed by atoms with van der Waals surface area (Å²) in [5.41, 5.74) is 1.20. The molecule has 0 atom stereocenters. The molecule has 1 aliphatic heterocycles. The van der Waals surface area contributed by atoms with Crippen molar-refractivity contribution < 1.29 is 13.6 Å². The third-order valence-electron chi connectivity index (χ3n) is 5.16. The Bertz CT molecular complexity index is 808. The predicted octanol–water partition coefficient (Wildman–Crippen LogP) is 4.88. The van der Waals surface area contributed by atoms with Crippen molar-refractivity contribution in [3.05, 3.63) is 70.2 Å². The molecule has 0 aliphatic carbocycles. The van der Waals surface area contributed by atoms with Gasteiger partial charge in [0.15, 0.2) is 0 Å². The molecule has 1 N–H and O–H groups in total. The summed E-state index contributed by atoms with van der Waals surface area (Å²) in [6.07, 6.45) is 1.50. The Hall–Kier alpha value is -1.63. The molecule has 3 nitrogen and oxygen atoms in total. The molecule has 0 aromatic heterocycles. The average molecular weight is 439 g/mol. The largest absolute Gasteiger partial charge is 0.355 e. The fraction of sp³-hybridized carbons (Fsp3) is 0.409. The second-order valence-electron chi connectivity index (χ2n) is 7.19. The number of piperidine rings is 1. The van der Waals surface area contributed by atoms with Crippen LogP contribution in [0.15, 0.2) is 42.5 Å². The first-order valence-corrected chi connectivity index (χ1v) is 11.3. The first-order valence-electron chi connectivity index (χ1n) is 9.78. The first-order chi connectivity index (χ1) is 14.0. The van der Waals surface area contributed by atoms with E-state index in [0.717, 1.165) is 31.7 Å². The Balaban J connectivity index is 1.34. The van der Waals surface area contributed by atoms with Crippen LogP contribution in [0.5, 0.6) is 0 Å². The second-order valence-corrected chi connectivity index (χ2v) is 8.70. The number of thioether (sulfide) groups is 1. The zero-order chi connectivity index (χ0) is 20.6. The molecule has 0 bridgehead atoms. The van der Waals surface area contributed by atoms with E-state index in [4.69, 9.17) is 11.6 Å². The van der Waals surface area contributed by atoms with E-state index in [1.54, 1.807) is 36.0 Å². The number of amides is 1. The standard InChI is InChI=1S/C22H25ClF2N2OS/c23-19-5-3-7-21(25)18(19)14-27-11-8-16(9-12-27)22(28)26-10-13-29-15-17-4-1-2-6-20(17)24/h1-7,16H,8-15H2,(H,26,28). The van der Waals surface area contributed by atoms with Gasteiger partial charge >= 0.3 is 0 Å². The van der Waals surface area contributed by atoms with Gasteiger partial charge in [-0.1, -0.05) is 35.9 Å². The van der Waals surface area contributed by atoms with Crippen LogP contribution in [0, 0.1) is 17.6 Å². The zero-order valence-corrected chi connectivity index (χ0v) is 17.7.